The summed E-state index contributed by atoms with van der Waals surface area (Å²) in [6.45, 7) is 5.32. The predicted molar refractivity (Wildman–Crippen MR) is 77.2 cm³/mol. The minimum atomic E-state index is 0.585. The quantitative estimate of drug-likeness (QED) is 0.729. The van der Waals surface area contributed by atoms with Gasteiger partial charge in [0.15, 0.2) is 0 Å². The van der Waals surface area contributed by atoms with Crippen LogP contribution in [0.3, 0.4) is 0 Å². The third-order valence-corrected chi connectivity index (χ3v) is 3.56. The molecule has 0 aliphatic carbocycles. The Kier molecular flexibility index (Phi) is 4.07. The van der Waals surface area contributed by atoms with Gasteiger partial charge in [-0.1, -0.05) is 19.9 Å². The number of hydrogen-bond donors (Lipinski definition) is 0. The van der Waals surface area contributed by atoms with Crippen molar-refractivity contribution >= 4 is 10.9 Å². The molecule has 0 atom stereocenters. The van der Waals surface area contributed by atoms with Gasteiger partial charge in [0.2, 0.25) is 0 Å². The van der Waals surface area contributed by atoms with Gasteiger partial charge in [-0.3, -0.25) is 0 Å². The van der Waals surface area contributed by atoms with Crippen molar-refractivity contribution in [3.05, 3.63) is 35.5 Å². The van der Waals surface area contributed by atoms with E-state index in [1.54, 1.807) is 7.11 Å². The van der Waals surface area contributed by atoms with E-state index in [9.17, 15) is 0 Å². The van der Waals surface area contributed by atoms with Crippen molar-refractivity contribution in [3.63, 3.8) is 0 Å². The highest BCUT2D eigenvalue weighted by Crippen LogP contribution is 2.26. The predicted octanol–water partition coefficient (Wildman–Crippen LogP) is 3.88. The maximum absolute atomic E-state index is 5.14. The lowest BCUT2D eigenvalue weighted by atomic mass is 9.99. The molecule has 2 nitrogen and oxygen atoms in total. The van der Waals surface area contributed by atoms with Crippen LogP contribution in [0.1, 0.15) is 37.3 Å². The second-order valence-corrected chi connectivity index (χ2v) is 5.29. The molecule has 0 N–H and O–H groups in total. The number of fused-ring (bicyclic) bond motifs is 1. The number of methoxy groups -OCH3 is 1. The smallest absolute Gasteiger partial charge is 0.0480 e. The van der Waals surface area contributed by atoms with E-state index >= 15 is 0 Å². The Morgan fingerprint density at radius 1 is 1.28 bits per heavy atom. The monoisotopic (exact) mass is 245 g/mol. The van der Waals surface area contributed by atoms with Gasteiger partial charge in [0.25, 0.3) is 0 Å². The SMILES string of the molecule is COCCCc1cn(C)c2ccc(C(C)C)cc12. The van der Waals surface area contributed by atoms with Crippen molar-refractivity contribution in [2.24, 2.45) is 7.05 Å². The molecule has 1 heterocycles. The molecule has 0 aliphatic rings. The Balaban J connectivity index is 2.36. The Bertz CT molecular complexity index is 525. The summed E-state index contributed by atoms with van der Waals surface area (Å²) >= 11 is 0. The number of aromatic nitrogens is 1. The van der Waals surface area contributed by atoms with E-state index in [-0.39, 0.29) is 0 Å². The first kappa shape index (κ1) is 13.2. The lowest BCUT2D eigenvalue weighted by Crippen LogP contribution is -1.92. The van der Waals surface area contributed by atoms with E-state index in [0.717, 1.165) is 19.4 Å². The highest BCUT2D eigenvalue weighted by molar-refractivity contribution is 5.84. The molecule has 18 heavy (non-hydrogen) atoms. The van der Waals surface area contributed by atoms with Gasteiger partial charge in [0.05, 0.1) is 0 Å². The molecule has 0 aliphatic heterocycles. The fraction of sp³-hybridized carbons (Fsp3) is 0.500. The molecular weight excluding hydrogens is 222 g/mol. The average Bonchev–Trinajstić information content (AvgIpc) is 2.66. The second-order valence-electron chi connectivity index (χ2n) is 5.29. The number of benzene rings is 1. The maximum atomic E-state index is 5.14. The van der Waals surface area contributed by atoms with Crippen LogP contribution in [-0.2, 0) is 18.2 Å². The number of rotatable bonds is 5. The van der Waals surface area contributed by atoms with Gasteiger partial charge in [-0.25, -0.2) is 0 Å². The maximum Gasteiger partial charge on any atom is 0.0480 e. The van der Waals surface area contributed by atoms with Gasteiger partial charge in [-0.05, 0) is 42.0 Å². The first-order valence-electron chi connectivity index (χ1n) is 6.70. The third-order valence-electron chi connectivity index (χ3n) is 3.56. The summed E-state index contributed by atoms with van der Waals surface area (Å²) in [4.78, 5) is 0. The van der Waals surface area contributed by atoms with E-state index < -0.39 is 0 Å². The molecule has 0 amide bonds. The minimum absolute atomic E-state index is 0.585. The van der Waals surface area contributed by atoms with Crippen LogP contribution in [0.25, 0.3) is 10.9 Å². The van der Waals surface area contributed by atoms with Crippen LogP contribution in [0.15, 0.2) is 24.4 Å². The van der Waals surface area contributed by atoms with Crippen LogP contribution in [0.5, 0.6) is 0 Å². The van der Waals surface area contributed by atoms with Crippen LogP contribution >= 0.6 is 0 Å². The summed E-state index contributed by atoms with van der Waals surface area (Å²) in [6, 6.07) is 6.83. The Morgan fingerprint density at radius 3 is 2.72 bits per heavy atom. The Morgan fingerprint density at radius 2 is 2.06 bits per heavy atom. The van der Waals surface area contributed by atoms with Gasteiger partial charge in [-0.2, -0.15) is 0 Å². The highest BCUT2D eigenvalue weighted by Gasteiger charge is 2.08. The zero-order valence-corrected chi connectivity index (χ0v) is 11.9. The summed E-state index contributed by atoms with van der Waals surface area (Å²) in [7, 11) is 3.89. The van der Waals surface area contributed by atoms with Gasteiger partial charge >= 0.3 is 0 Å². The molecule has 0 bridgehead atoms. The summed E-state index contributed by atoms with van der Waals surface area (Å²) in [5.41, 5.74) is 4.18. The summed E-state index contributed by atoms with van der Waals surface area (Å²) in [6.07, 6.45) is 4.43. The van der Waals surface area contributed by atoms with Crippen molar-refractivity contribution in [2.45, 2.75) is 32.6 Å². The van der Waals surface area contributed by atoms with Crippen LogP contribution in [0.4, 0.5) is 0 Å². The number of hydrogen-bond acceptors (Lipinski definition) is 1. The fourth-order valence-corrected chi connectivity index (χ4v) is 2.46. The summed E-state index contributed by atoms with van der Waals surface area (Å²) < 4.78 is 7.36. The average molecular weight is 245 g/mol. The van der Waals surface area contributed by atoms with E-state index in [0.29, 0.717) is 5.92 Å². The first-order chi connectivity index (χ1) is 8.63. The van der Waals surface area contributed by atoms with Gasteiger partial charge in [0, 0.05) is 37.9 Å². The summed E-state index contributed by atoms with van der Waals surface area (Å²) in [5, 5.41) is 1.40. The van der Waals surface area contributed by atoms with Crippen molar-refractivity contribution in [2.75, 3.05) is 13.7 Å². The molecule has 2 heteroatoms. The molecule has 2 rings (SSSR count). The number of nitrogens with zero attached hydrogens (tertiary/aromatic N) is 1. The normalized spacial score (nSPS) is 11.6. The number of aryl methyl sites for hydroxylation is 2. The van der Waals surface area contributed by atoms with Crippen molar-refractivity contribution in [3.8, 4) is 0 Å². The fourth-order valence-electron chi connectivity index (χ4n) is 2.46. The molecule has 0 spiro atoms. The van der Waals surface area contributed by atoms with Crippen molar-refractivity contribution < 1.29 is 4.74 Å². The van der Waals surface area contributed by atoms with Gasteiger partial charge in [0.1, 0.15) is 0 Å². The highest BCUT2D eigenvalue weighted by atomic mass is 16.5. The van der Waals surface area contributed by atoms with Gasteiger partial charge < -0.3 is 9.30 Å². The van der Waals surface area contributed by atoms with E-state index in [1.807, 2.05) is 0 Å². The van der Waals surface area contributed by atoms with Crippen LogP contribution in [0, 0.1) is 0 Å². The van der Waals surface area contributed by atoms with Crippen LogP contribution in [-0.4, -0.2) is 18.3 Å². The standard InChI is InChI=1S/C16H23NO/c1-12(2)13-7-8-16-15(10-13)14(11-17(16)3)6-5-9-18-4/h7-8,10-12H,5-6,9H2,1-4H3. The zero-order chi connectivity index (χ0) is 13.1. The lowest BCUT2D eigenvalue weighted by Gasteiger charge is -2.06. The molecule has 0 fully saturated rings. The Labute approximate surface area is 110 Å². The Hall–Kier alpha value is -1.28. The molecule has 98 valence electrons. The lowest BCUT2D eigenvalue weighted by molar-refractivity contribution is 0.195. The van der Waals surface area contributed by atoms with Gasteiger partial charge in [-0.15, -0.1) is 0 Å². The van der Waals surface area contributed by atoms with Crippen LogP contribution in [0.2, 0.25) is 0 Å². The molecule has 0 unspecified atom stereocenters. The number of ether oxygens (including phenoxy) is 1. The molecule has 2 aromatic rings. The van der Waals surface area contributed by atoms with Crippen LogP contribution < -0.4 is 0 Å². The van der Waals surface area contributed by atoms with Crippen molar-refractivity contribution in [1.29, 1.82) is 0 Å². The first-order valence-corrected chi connectivity index (χ1v) is 6.70. The summed E-state index contributed by atoms with van der Waals surface area (Å²) in [5.74, 6) is 0.585. The molecule has 0 saturated heterocycles. The zero-order valence-electron chi connectivity index (χ0n) is 11.9. The van der Waals surface area contributed by atoms with Crippen molar-refractivity contribution in [1.82, 2.24) is 4.57 Å². The molecule has 1 aromatic heterocycles. The molecule has 1 aromatic carbocycles. The second kappa shape index (κ2) is 5.57. The topological polar surface area (TPSA) is 14.2 Å². The molecule has 0 saturated carbocycles. The van der Waals surface area contributed by atoms with E-state index in [4.69, 9.17) is 4.74 Å². The third kappa shape index (κ3) is 2.59. The molecular formula is C16H23NO. The largest absolute Gasteiger partial charge is 0.385 e. The molecule has 0 radical (unpaired) electrons. The van der Waals surface area contributed by atoms with E-state index in [2.05, 4.69) is 49.9 Å². The van der Waals surface area contributed by atoms with E-state index in [1.165, 1.54) is 22.0 Å². The minimum Gasteiger partial charge on any atom is -0.385 e.